The van der Waals surface area contributed by atoms with E-state index in [9.17, 15) is 9.59 Å². The van der Waals surface area contributed by atoms with E-state index in [0.29, 0.717) is 16.7 Å². The van der Waals surface area contributed by atoms with Crippen molar-refractivity contribution in [1.82, 2.24) is 0 Å². The van der Waals surface area contributed by atoms with Crippen LogP contribution in [0.2, 0.25) is 0 Å². The molecule has 1 aliphatic carbocycles. The van der Waals surface area contributed by atoms with E-state index in [1.54, 1.807) is 23.9 Å². The molecule has 0 aromatic heterocycles. The molecule has 3 nitrogen and oxygen atoms in total. The Labute approximate surface area is 150 Å². The van der Waals surface area contributed by atoms with Crippen molar-refractivity contribution in [1.29, 1.82) is 0 Å². The number of amides is 1. The van der Waals surface area contributed by atoms with Crippen LogP contribution in [-0.4, -0.2) is 17.9 Å². The van der Waals surface area contributed by atoms with E-state index >= 15 is 0 Å². The normalized spacial score (nSPS) is 11.8. The van der Waals surface area contributed by atoms with Crippen LogP contribution < -0.4 is 5.32 Å². The first-order chi connectivity index (χ1) is 12.2. The van der Waals surface area contributed by atoms with Crippen molar-refractivity contribution in [2.75, 3.05) is 11.6 Å². The summed E-state index contributed by atoms with van der Waals surface area (Å²) in [7, 11) is 0. The maximum Gasteiger partial charge on any atom is 0.255 e. The van der Waals surface area contributed by atoms with E-state index in [0.717, 1.165) is 21.7 Å². The van der Waals surface area contributed by atoms with E-state index in [1.807, 2.05) is 60.9 Å². The van der Waals surface area contributed by atoms with Gasteiger partial charge < -0.3 is 5.32 Å². The number of carbonyl (C=O) groups excluding carboxylic acids is 2. The van der Waals surface area contributed by atoms with Gasteiger partial charge in [0.15, 0.2) is 5.78 Å². The Morgan fingerprint density at radius 3 is 2.24 bits per heavy atom. The van der Waals surface area contributed by atoms with E-state index in [4.69, 9.17) is 0 Å². The minimum Gasteiger partial charge on any atom is -0.322 e. The minimum absolute atomic E-state index is 0.0235. The van der Waals surface area contributed by atoms with Crippen LogP contribution in [0.5, 0.6) is 0 Å². The number of anilines is 1. The largest absolute Gasteiger partial charge is 0.322 e. The predicted octanol–water partition coefficient (Wildman–Crippen LogP) is 4.87. The summed E-state index contributed by atoms with van der Waals surface area (Å²) < 4.78 is 0. The molecule has 0 radical (unpaired) electrons. The van der Waals surface area contributed by atoms with Crippen molar-refractivity contribution < 1.29 is 9.59 Å². The molecule has 0 saturated carbocycles. The molecule has 0 bridgehead atoms. The minimum atomic E-state index is -0.219. The molecule has 3 aromatic carbocycles. The molecular weight excluding hydrogens is 330 g/mol. The Bertz CT molecular complexity index is 993. The van der Waals surface area contributed by atoms with Crippen molar-refractivity contribution in [2.45, 2.75) is 4.90 Å². The summed E-state index contributed by atoms with van der Waals surface area (Å²) in [6, 6.07) is 20.5. The third-order valence-corrected chi connectivity index (χ3v) is 5.08. The lowest BCUT2D eigenvalue weighted by Crippen LogP contribution is -2.12. The van der Waals surface area contributed by atoms with Gasteiger partial charge in [-0.15, -0.1) is 11.8 Å². The number of nitrogens with one attached hydrogen (secondary N) is 1. The molecule has 1 aliphatic rings. The predicted molar refractivity (Wildman–Crippen MR) is 101 cm³/mol. The summed E-state index contributed by atoms with van der Waals surface area (Å²) >= 11 is 1.65. The highest BCUT2D eigenvalue weighted by Gasteiger charge is 2.26. The molecule has 0 aliphatic heterocycles. The van der Waals surface area contributed by atoms with Crippen LogP contribution in [0.3, 0.4) is 0 Å². The van der Waals surface area contributed by atoms with Gasteiger partial charge in [-0.1, -0.05) is 30.3 Å². The zero-order valence-corrected chi connectivity index (χ0v) is 14.4. The van der Waals surface area contributed by atoms with E-state index in [2.05, 4.69) is 5.32 Å². The summed E-state index contributed by atoms with van der Waals surface area (Å²) in [6.07, 6.45) is 2.01. The molecular formula is C21H15NO2S. The van der Waals surface area contributed by atoms with Gasteiger partial charge in [0.1, 0.15) is 0 Å². The quantitative estimate of drug-likeness (QED) is 0.539. The highest BCUT2D eigenvalue weighted by Crippen LogP contribution is 2.36. The summed E-state index contributed by atoms with van der Waals surface area (Å²) in [5.74, 6) is -0.243. The Hall–Kier alpha value is -2.85. The highest BCUT2D eigenvalue weighted by atomic mass is 32.2. The fourth-order valence-corrected chi connectivity index (χ4v) is 3.46. The second-order valence-corrected chi connectivity index (χ2v) is 6.70. The van der Waals surface area contributed by atoms with Crippen LogP contribution in [-0.2, 0) is 0 Å². The molecule has 0 heterocycles. The molecule has 3 aromatic rings. The number of thioether (sulfide) groups is 1. The molecule has 0 atom stereocenters. The van der Waals surface area contributed by atoms with Crippen molar-refractivity contribution in [3.63, 3.8) is 0 Å². The Balaban J connectivity index is 1.62. The van der Waals surface area contributed by atoms with Gasteiger partial charge in [0.2, 0.25) is 0 Å². The number of benzene rings is 3. The third-order valence-electron chi connectivity index (χ3n) is 4.34. The summed E-state index contributed by atoms with van der Waals surface area (Å²) in [6.45, 7) is 0. The lowest BCUT2D eigenvalue weighted by Gasteiger charge is -2.07. The molecule has 4 rings (SSSR count). The number of ketones is 1. The van der Waals surface area contributed by atoms with Gasteiger partial charge in [0.05, 0.1) is 0 Å². The summed E-state index contributed by atoms with van der Waals surface area (Å²) in [5.41, 5.74) is 4.32. The van der Waals surface area contributed by atoms with Gasteiger partial charge in [-0.25, -0.2) is 0 Å². The number of carbonyl (C=O) groups is 2. The van der Waals surface area contributed by atoms with Crippen LogP contribution in [0.15, 0.2) is 71.6 Å². The molecule has 122 valence electrons. The van der Waals surface area contributed by atoms with Gasteiger partial charge in [0, 0.05) is 27.3 Å². The maximum atomic E-state index is 12.6. The number of rotatable bonds is 3. The smallest absolute Gasteiger partial charge is 0.255 e. The van der Waals surface area contributed by atoms with Crippen LogP contribution in [0.25, 0.3) is 11.1 Å². The topological polar surface area (TPSA) is 46.2 Å². The van der Waals surface area contributed by atoms with Crippen molar-refractivity contribution >= 4 is 29.1 Å². The maximum absolute atomic E-state index is 12.6. The van der Waals surface area contributed by atoms with Gasteiger partial charge in [-0.2, -0.15) is 0 Å². The Morgan fingerprint density at radius 2 is 1.52 bits per heavy atom. The fourth-order valence-electron chi connectivity index (χ4n) is 3.05. The Kier molecular flexibility index (Phi) is 3.90. The lowest BCUT2D eigenvalue weighted by atomic mass is 10.0. The monoisotopic (exact) mass is 345 g/mol. The molecule has 0 spiro atoms. The SMILES string of the molecule is CSc1ccc(NC(=O)c2ccc3c(c2)C(=O)c2ccccc2-3)cc1. The Morgan fingerprint density at radius 1 is 0.840 bits per heavy atom. The average molecular weight is 345 g/mol. The molecule has 0 unspecified atom stereocenters. The first-order valence-electron chi connectivity index (χ1n) is 7.91. The van der Waals surface area contributed by atoms with Crippen LogP contribution in [0.1, 0.15) is 26.3 Å². The average Bonchev–Trinajstić information content (AvgIpc) is 2.95. The number of hydrogen-bond acceptors (Lipinski definition) is 3. The summed E-state index contributed by atoms with van der Waals surface area (Å²) in [5, 5.41) is 2.88. The van der Waals surface area contributed by atoms with Gasteiger partial charge in [-0.3, -0.25) is 9.59 Å². The van der Waals surface area contributed by atoms with Crippen molar-refractivity contribution in [3.05, 3.63) is 83.4 Å². The van der Waals surface area contributed by atoms with Crippen LogP contribution >= 0.6 is 11.8 Å². The van der Waals surface area contributed by atoms with E-state index in [1.165, 1.54) is 0 Å². The van der Waals surface area contributed by atoms with E-state index in [-0.39, 0.29) is 11.7 Å². The first kappa shape index (κ1) is 15.7. The third kappa shape index (κ3) is 2.75. The second-order valence-electron chi connectivity index (χ2n) is 5.82. The van der Waals surface area contributed by atoms with Crippen molar-refractivity contribution in [2.24, 2.45) is 0 Å². The van der Waals surface area contributed by atoms with E-state index < -0.39 is 0 Å². The molecule has 1 N–H and O–H groups in total. The highest BCUT2D eigenvalue weighted by molar-refractivity contribution is 7.98. The summed E-state index contributed by atoms with van der Waals surface area (Å²) in [4.78, 5) is 26.2. The van der Waals surface area contributed by atoms with Gasteiger partial charge >= 0.3 is 0 Å². The fraction of sp³-hybridized carbons (Fsp3) is 0.0476. The standard InChI is InChI=1S/C21H15NO2S/c1-25-15-9-7-14(8-10-15)22-21(24)13-6-11-17-16-4-2-3-5-18(16)20(23)19(17)12-13/h2-12H,1H3,(H,22,24). The van der Waals surface area contributed by atoms with Crippen LogP contribution in [0, 0.1) is 0 Å². The molecule has 0 saturated heterocycles. The zero-order valence-electron chi connectivity index (χ0n) is 13.6. The molecule has 1 amide bonds. The van der Waals surface area contributed by atoms with Gasteiger partial charge in [0.25, 0.3) is 5.91 Å². The molecule has 25 heavy (non-hydrogen) atoms. The molecule has 0 fully saturated rings. The lowest BCUT2D eigenvalue weighted by molar-refractivity contribution is 0.102. The number of hydrogen-bond donors (Lipinski definition) is 1. The zero-order chi connectivity index (χ0) is 17.4. The van der Waals surface area contributed by atoms with Crippen molar-refractivity contribution in [3.8, 4) is 11.1 Å². The second kappa shape index (κ2) is 6.22. The first-order valence-corrected chi connectivity index (χ1v) is 9.13. The number of fused-ring (bicyclic) bond motifs is 3. The molecule has 4 heteroatoms. The van der Waals surface area contributed by atoms with Crippen LogP contribution in [0.4, 0.5) is 5.69 Å². The van der Waals surface area contributed by atoms with Gasteiger partial charge in [-0.05, 0) is 53.8 Å².